The maximum atomic E-state index is 13.5. The zero-order valence-electron chi connectivity index (χ0n) is 23.9. The Morgan fingerprint density at radius 3 is 2.12 bits per heavy atom. The average molecular weight is 540 g/mol. The summed E-state index contributed by atoms with van der Waals surface area (Å²) >= 11 is 0. The van der Waals surface area contributed by atoms with Crippen LogP contribution in [-0.2, 0) is 4.79 Å². The lowest BCUT2D eigenvalue weighted by molar-refractivity contribution is -0.117. The first-order valence-electron chi connectivity index (χ1n) is 13.4. The van der Waals surface area contributed by atoms with Gasteiger partial charge in [-0.3, -0.25) is 4.79 Å². The smallest absolute Gasteiger partial charge is 0.322 e. The molecule has 4 rings (SSSR count). The minimum atomic E-state index is -0.342. The molecular weight excluding hydrogens is 502 g/mol. The third-order valence-corrected chi connectivity index (χ3v) is 6.72. The molecule has 0 saturated carbocycles. The number of nitrogens with zero attached hydrogens (tertiary/aromatic N) is 3. The van der Waals surface area contributed by atoms with Crippen molar-refractivity contribution in [3.63, 3.8) is 0 Å². The van der Waals surface area contributed by atoms with Crippen LogP contribution in [0.25, 0.3) is 16.8 Å². The van der Waals surface area contributed by atoms with E-state index in [-0.39, 0.29) is 24.5 Å². The molecule has 0 aliphatic heterocycles. The topological polar surface area (TPSA) is 88.5 Å². The lowest BCUT2D eigenvalue weighted by Gasteiger charge is -2.26. The molecule has 3 amide bonds. The highest BCUT2D eigenvalue weighted by Crippen LogP contribution is 2.33. The molecule has 8 nitrogen and oxygen atoms in total. The summed E-state index contributed by atoms with van der Waals surface area (Å²) in [5.41, 5.74) is 5.15. The summed E-state index contributed by atoms with van der Waals surface area (Å²) in [6, 6.07) is 24.5. The van der Waals surface area contributed by atoms with Gasteiger partial charge in [-0.05, 0) is 74.2 Å². The fourth-order valence-electron chi connectivity index (χ4n) is 4.47. The quantitative estimate of drug-likeness (QED) is 0.243. The molecular formula is C32H37N5O3. The fourth-order valence-corrected chi connectivity index (χ4v) is 4.47. The number of benzene rings is 3. The Labute approximate surface area is 236 Å². The first kappa shape index (κ1) is 28.4. The van der Waals surface area contributed by atoms with Gasteiger partial charge in [0.15, 0.2) is 0 Å². The van der Waals surface area contributed by atoms with Crippen LogP contribution >= 0.6 is 0 Å². The normalized spacial score (nSPS) is 11.0. The predicted octanol–water partition coefficient (Wildman–Crippen LogP) is 6.86. The highest BCUT2D eigenvalue weighted by molar-refractivity contribution is 5.99. The Morgan fingerprint density at radius 2 is 1.55 bits per heavy atom. The fraction of sp³-hybridized carbons (Fsp3) is 0.281. The molecule has 0 atom stereocenters. The number of urea groups is 1. The van der Waals surface area contributed by atoms with Gasteiger partial charge in [0.05, 0.1) is 18.5 Å². The summed E-state index contributed by atoms with van der Waals surface area (Å²) in [6.45, 7) is 9.80. The highest BCUT2D eigenvalue weighted by Gasteiger charge is 2.24. The second kappa shape index (κ2) is 12.5. The summed E-state index contributed by atoms with van der Waals surface area (Å²) in [4.78, 5) is 28.2. The van der Waals surface area contributed by atoms with Gasteiger partial charge in [0.1, 0.15) is 18.1 Å². The summed E-state index contributed by atoms with van der Waals surface area (Å²) < 4.78 is 7.02. The van der Waals surface area contributed by atoms with Crippen LogP contribution < -0.4 is 15.4 Å². The Kier molecular flexibility index (Phi) is 8.89. The molecule has 1 aromatic heterocycles. The average Bonchev–Trinajstić information content (AvgIpc) is 3.27. The van der Waals surface area contributed by atoms with Crippen LogP contribution in [0.15, 0.2) is 78.9 Å². The second-order valence-corrected chi connectivity index (χ2v) is 10.3. The summed E-state index contributed by atoms with van der Waals surface area (Å²) in [5.74, 6) is 1.33. The number of hydrogen-bond acceptors (Lipinski definition) is 4. The number of carbonyl (C=O) groups excluding carboxylic acids is 2. The number of ether oxygens (including phenoxy) is 1. The number of methoxy groups -OCH3 is 1. The van der Waals surface area contributed by atoms with Gasteiger partial charge < -0.3 is 20.3 Å². The van der Waals surface area contributed by atoms with E-state index in [2.05, 4.69) is 24.5 Å². The van der Waals surface area contributed by atoms with Crippen LogP contribution in [0.3, 0.4) is 0 Å². The van der Waals surface area contributed by atoms with Gasteiger partial charge in [-0.25, -0.2) is 9.48 Å². The highest BCUT2D eigenvalue weighted by atomic mass is 16.5. The minimum absolute atomic E-state index is 0.130. The van der Waals surface area contributed by atoms with E-state index in [0.29, 0.717) is 17.4 Å². The van der Waals surface area contributed by atoms with Crippen LogP contribution in [0.4, 0.5) is 16.3 Å². The minimum Gasteiger partial charge on any atom is -0.497 e. The molecule has 0 radical (unpaired) electrons. The number of carbonyl (C=O) groups is 2. The van der Waals surface area contributed by atoms with Crippen LogP contribution in [0.5, 0.6) is 5.75 Å². The van der Waals surface area contributed by atoms with E-state index in [1.54, 1.807) is 11.8 Å². The van der Waals surface area contributed by atoms with Gasteiger partial charge in [0.25, 0.3) is 0 Å². The van der Waals surface area contributed by atoms with Crippen molar-refractivity contribution in [2.24, 2.45) is 0 Å². The molecule has 8 heteroatoms. The number of aromatic nitrogens is 2. The van der Waals surface area contributed by atoms with Crippen molar-refractivity contribution in [3.05, 3.63) is 90.1 Å². The van der Waals surface area contributed by atoms with Crippen molar-refractivity contribution >= 4 is 23.4 Å². The van der Waals surface area contributed by atoms with Crippen molar-refractivity contribution < 1.29 is 14.3 Å². The molecule has 40 heavy (non-hydrogen) atoms. The number of nitrogens with one attached hydrogen (secondary N) is 2. The number of rotatable bonds is 9. The molecule has 2 N–H and O–H groups in total. The molecule has 0 fully saturated rings. The van der Waals surface area contributed by atoms with Gasteiger partial charge in [0.2, 0.25) is 5.91 Å². The van der Waals surface area contributed by atoms with Gasteiger partial charge in [-0.2, -0.15) is 5.10 Å². The van der Waals surface area contributed by atoms with Crippen molar-refractivity contribution in [2.75, 3.05) is 24.3 Å². The lowest BCUT2D eigenvalue weighted by Crippen LogP contribution is -2.44. The lowest BCUT2D eigenvalue weighted by atomic mass is 10.0. The van der Waals surface area contributed by atoms with Crippen LogP contribution in [0.2, 0.25) is 0 Å². The largest absolute Gasteiger partial charge is 0.497 e. The first-order valence-corrected chi connectivity index (χ1v) is 13.4. The maximum Gasteiger partial charge on any atom is 0.322 e. The number of hydrogen-bond donors (Lipinski definition) is 2. The van der Waals surface area contributed by atoms with Crippen LogP contribution in [-0.4, -0.2) is 46.3 Å². The molecule has 1 heterocycles. The molecule has 4 aromatic rings. The number of aryl methyl sites for hydroxylation is 1. The van der Waals surface area contributed by atoms with Gasteiger partial charge >= 0.3 is 6.03 Å². The molecule has 0 spiro atoms. The zero-order valence-corrected chi connectivity index (χ0v) is 23.9. The summed E-state index contributed by atoms with van der Waals surface area (Å²) in [6.07, 6.45) is 0. The van der Waals surface area contributed by atoms with Crippen molar-refractivity contribution in [1.29, 1.82) is 0 Å². The number of anilines is 2. The molecule has 0 bridgehead atoms. The van der Waals surface area contributed by atoms with E-state index < -0.39 is 0 Å². The Bertz CT molecular complexity index is 1440. The Hall–Kier alpha value is -4.59. The Balaban J connectivity index is 1.60. The van der Waals surface area contributed by atoms with Crippen molar-refractivity contribution in [2.45, 2.75) is 46.6 Å². The third-order valence-electron chi connectivity index (χ3n) is 6.72. The standard InChI is InChI=1S/C32H37N5O3/c1-21(2)24-12-14-26(15-13-24)33-32(39)36(22(3)4)20-29(38)34-31-30(25-10-8-7-9-11-25)23(5)35-37(31)27-16-18-28(40-6)19-17-27/h7-19,21-22H,20H2,1-6H3,(H,33,39)(H,34,38). The molecule has 0 aliphatic rings. The first-order chi connectivity index (χ1) is 19.2. The molecule has 0 unspecified atom stereocenters. The van der Waals surface area contributed by atoms with E-state index in [4.69, 9.17) is 9.84 Å². The van der Waals surface area contributed by atoms with E-state index in [1.165, 1.54) is 10.5 Å². The van der Waals surface area contributed by atoms with Crippen LogP contribution in [0, 0.1) is 6.92 Å². The molecule has 208 valence electrons. The van der Waals surface area contributed by atoms with Crippen molar-refractivity contribution in [1.82, 2.24) is 14.7 Å². The van der Waals surface area contributed by atoms with Gasteiger partial charge in [-0.15, -0.1) is 0 Å². The predicted molar refractivity (Wildman–Crippen MR) is 160 cm³/mol. The van der Waals surface area contributed by atoms with E-state index in [1.807, 2.05) is 99.6 Å². The summed E-state index contributed by atoms with van der Waals surface area (Å²) in [5, 5.41) is 10.7. The Morgan fingerprint density at radius 1 is 0.900 bits per heavy atom. The second-order valence-electron chi connectivity index (χ2n) is 10.3. The molecule has 0 saturated heterocycles. The number of amides is 3. The van der Waals surface area contributed by atoms with Gasteiger partial charge in [0, 0.05) is 17.3 Å². The molecule has 3 aromatic carbocycles. The molecule has 0 aliphatic carbocycles. The monoisotopic (exact) mass is 539 g/mol. The van der Waals surface area contributed by atoms with Gasteiger partial charge in [-0.1, -0.05) is 56.3 Å². The maximum absolute atomic E-state index is 13.5. The van der Waals surface area contributed by atoms with Crippen molar-refractivity contribution in [3.8, 4) is 22.6 Å². The van der Waals surface area contributed by atoms with Crippen LogP contribution in [0.1, 0.15) is 44.9 Å². The van der Waals surface area contributed by atoms with E-state index in [9.17, 15) is 9.59 Å². The zero-order chi connectivity index (χ0) is 28.8. The third kappa shape index (κ3) is 6.51. The van der Waals surface area contributed by atoms with E-state index in [0.717, 1.165) is 28.3 Å². The van der Waals surface area contributed by atoms with E-state index >= 15 is 0 Å². The SMILES string of the molecule is COc1ccc(-n2nc(C)c(-c3ccccc3)c2NC(=O)CN(C(=O)Nc2ccc(C(C)C)cc2)C(C)C)cc1. The summed E-state index contributed by atoms with van der Waals surface area (Å²) in [7, 11) is 1.61.